The standard InChI is InChI=1S/C17H26N2O2/c1-5-12-6-8-13(9-7-12)14-10-18-11-15(14)19-16(20)21-17(2,3)4/h6-9,14-15,18H,5,10-11H2,1-4H3,(H,19,20). The van der Waals surface area contributed by atoms with Gasteiger partial charge in [0.25, 0.3) is 0 Å². The van der Waals surface area contributed by atoms with Gasteiger partial charge in [0.15, 0.2) is 0 Å². The maximum Gasteiger partial charge on any atom is 0.407 e. The summed E-state index contributed by atoms with van der Waals surface area (Å²) in [4.78, 5) is 11.9. The first-order valence-electron chi connectivity index (χ1n) is 7.68. The van der Waals surface area contributed by atoms with E-state index < -0.39 is 5.60 Å². The number of alkyl carbamates (subject to hydrolysis) is 1. The van der Waals surface area contributed by atoms with Crippen LogP contribution in [0.2, 0.25) is 0 Å². The van der Waals surface area contributed by atoms with Crippen LogP contribution >= 0.6 is 0 Å². The zero-order valence-corrected chi connectivity index (χ0v) is 13.4. The fourth-order valence-electron chi connectivity index (χ4n) is 2.64. The molecule has 1 fully saturated rings. The molecule has 1 aromatic rings. The molecule has 2 N–H and O–H groups in total. The van der Waals surface area contributed by atoms with Crippen LogP contribution in [0.3, 0.4) is 0 Å². The Morgan fingerprint density at radius 3 is 2.52 bits per heavy atom. The molecule has 0 radical (unpaired) electrons. The minimum Gasteiger partial charge on any atom is -0.444 e. The van der Waals surface area contributed by atoms with E-state index in [9.17, 15) is 4.79 Å². The van der Waals surface area contributed by atoms with Gasteiger partial charge in [0.1, 0.15) is 5.60 Å². The number of hydrogen-bond acceptors (Lipinski definition) is 3. The van der Waals surface area contributed by atoms with Crippen molar-refractivity contribution in [3.8, 4) is 0 Å². The van der Waals surface area contributed by atoms with Gasteiger partial charge in [0.05, 0.1) is 6.04 Å². The van der Waals surface area contributed by atoms with Crippen LogP contribution in [0.5, 0.6) is 0 Å². The first-order valence-corrected chi connectivity index (χ1v) is 7.68. The molecule has 0 aromatic heterocycles. The summed E-state index contributed by atoms with van der Waals surface area (Å²) in [6.45, 7) is 9.44. The van der Waals surface area contributed by atoms with E-state index in [1.54, 1.807) is 0 Å². The maximum atomic E-state index is 11.9. The van der Waals surface area contributed by atoms with Gasteiger partial charge in [-0.3, -0.25) is 0 Å². The number of carbonyl (C=O) groups excluding carboxylic acids is 1. The van der Waals surface area contributed by atoms with Crippen LogP contribution in [-0.4, -0.2) is 30.8 Å². The summed E-state index contributed by atoms with van der Waals surface area (Å²) < 4.78 is 5.34. The molecule has 116 valence electrons. The Kier molecular flexibility index (Phi) is 4.88. The minimum absolute atomic E-state index is 0.0762. The number of nitrogens with one attached hydrogen (secondary N) is 2. The molecule has 0 saturated carbocycles. The number of ether oxygens (including phenoxy) is 1. The molecule has 2 unspecified atom stereocenters. The summed E-state index contributed by atoms with van der Waals surface area (Å²) in [5.74, 6) is 0.295. The fraction of sp³-hybridized carbons (Fsp3) is 0.588. The molecule has 21 heavy (non-hydrogen) atoms. The molecule has 1 saturated heterocycles. The van der Waals surface area contributed by atoms with Gasteiger partial charge in [-0.15, -0.1) is 0 Å². The van der Waals surface area contributed by atoms with E-state index in [-0.39, 0.29) is 12.1 Å². The highest BCUT2D eigenvalue weighted by atomic mass is 16.6. The van der Waals surface area contributed by atoms with Crippen molar-refractivity contribution in [2.45, 2.75) is 51.7 Å². The summed E-state index contributed by atoms with van der Waals surface area (Å²) in [6, 6.07) is 8.74. The van der Waals surface area contributed by atoms with Gasteiger partial charge in [-0.2, -0.15) is 0 Å². The number of hydrogen-bond donors (Lipinski definition) is 2. The second kappa shape index (κ2) is 6.48. The van der Waals surface area contributed by atoms with Crippen molar-refractivity contribution in [2.24, 2.45) is 0 Å². The summed E-state index contributed by atoms with van der Waals surface area (Å²) >= 11 is 0. The molecule has 1 aromatic carbocycles. The molecule has 0 spiro atoms. The summed E-state index contributed by atoms with van der Waals surface area (Å²) in [5.41, 5.74) is 2.13. The van der Waals surface area contributed by atoms with E-state index in [4.69, 9.17) is 4.74 Å². The highest BCUT2D eigenvalue weighted by Gasteiger charge is 2.31. The third-order valence-electron chi connectivity index (χ3n) is 3.73. The molecule has 2 atom stereocenters. The fourth-order valence-corrected chi connectivity index (χ4v) is 2.64. The highest BCUT2D eigenvalue weighted by molar-refractivity contribution is 5.68. The zero-order valence-electron chi connectivity index (χ0n) is 13.4. The van der Waals surface area contributed by atoms with E-state index in [0.29, 0.717) is 5.92 Å². The summed E-state index contributed by atoms with van der Waals surface area (Å²) in [7, 11) is 0. The number of benzene rings is 1. The zero-order chi connectivity index (χ0) is 15.5. The molecule has 0 bridgehead atoms. The molecule has 4 nitrogen and oxygen atoms in total. The quantitative estimate of drug-likeness (QED) is 0.900. The Bertz CT molecular complexity index is 477. The van der Waals surface area contributed by atoms with Crippen molar-refractivity contribution in [3.05, 3.63) is 35.4 Å². The van der Waals surface area contributed by atoms with Crippen molar-refractivity contribution in [1.82, 2.24) is 10.6 Å². The molecule has 1 aliphatic rings. The van der Waals surface area contributed by atoms with Gasteiger partial charge in [-0.25, -0.2) is 4.79 Å². The molecule has 1 aliphatic heterocycles. The molecule has 4 heteroatoms. The lowest BCUT2D eigenvalue weighted by molar-refractivity contribution is 0.0504. The Morgan fingerprint density at radius 2 is 1.95 bits per heavy atom. The van der Waals surface area contributed by atoms with E-state index >= 15 is 0 Å². The van der Waals surface area contributed by atoms with E-state index in [1.807, 2.05) is 20.8 Å². The van der Waals surface area contributed by atoms with Crippen LogP contribution < -0.4 is 10.6 Å². The smallest absolute Gasteiger partial charge is 0.407 e. The van der Waals surface area contributed by atoms with Crippen molar-refractivity contribution in [3.63, 3.8) is 0 Å². The van der Waals surface area contributed by atoms with E-state index in [1.165, 1.54) is 11.1 Å². The lowest BCUT2D eigenvalue weighted by Crippen LogP contribution is -2.42. The Morgan fingerprint density at radius 1 is 1.29 bits per heavy atom. The number of carbonyl (C=O) groups is 1. The molecule has 0 aliphatic carbocycles. The first kappa shape index (κ1) is 15.8. The third kappa shape index (κ3) is 4.46. The maximum absolute atomic E-state index is 11.9. The largest absolute Gasteiger partial charge is 0.444 e. The average Bonchev–Trinajstić information content (AvgIpc) is 2.84. The van der Waals surface area contributed by atoms with Crippen LogP contribution in [0.1, 0.15) is 44.7 Å². The Balaban J connectivity index is 2.01. The number of aryl methyl sites for hydroxylation is 1. The van der Waals surface area contributed by atoms with E-state index in [2.05, 4.69) is 41.8 Å². The molecule has 2 rings (SSSR count). The topological polar surface area (TPSA) is 50.4 Å². The Labute approximate surface area is 127 Å². The van der Waals surface area contributed by atoms with Gasteiger partial charge >= 0.3 is 6.09 Å². The monoisotopic (exact) mass is 290 g/mol. The summed E-state index contributed by atoms with van der Waals surface area (Å²) in [5, 5.41) is 6.34. The predicted octanol–water partition coefficient (Wildman–Crippen LogP) is 2.83. The lowest BCUT2D eigenvalue weighted by Gasteiger charge is -2.24. The number of amides is 1. The van der Waals surface area contributed by atoms with Gasteiger partial charge in [-0.1, -0.05) is 31.2 Å². The predicted molar refractivity (Wildman–Crippen MR) is 84.6 cm³/mol. The van der Waals surface area contributed by atoms with Gasteiger partial charge in [0, 0.05) is 19.0 Å². The van der Waals surface area contributed by atoms with Crippen molar-refractivity contribution in [1.29, 1.82) is 0 Å². The van der Waals surface area contributed by atoms with Crippen LogP contribution in [-0.2, 0) is 11.2 Å². The van der Waals surface area contributed by atoms with Crippen LogP contribution in [0.4, 0.5) is 4.79 Å². The second-order valence-electron chi connectivity index (χ2n) is 6.61. The molecular weight excluding hydrogens is 264 g/mol. The normalized spacial score (nSPS) is 22.1. The van der Waals surface area contributed by atoms with E-state index in [0.717, 1.165) is 19.5 Å². The molecular formula is C17H26N2O2. The van der Waals surface area contributed by atoms with Crippen molar-refractivity contribution < 1.29 is 9.53 Å². The van der Waals surface area contributed by atoms with Gasteiger partial charge in [-0.05, 0) is 38.3 Å². The second-order valence-corrected chi connectivity index (χ2v) is 6.61. The Hall–Kier alpha value is -1.55. The SMILES string of the molecule is CCc1ccc(C2CNCC2NC(=O)OC(C)(C)C)cc1. The average molecular weight is 290 g/mol. The van der Waals surface area contributed by atoms with Crippen LogP contribution in [0, 0.1) is 0 Å². The van der Waals surface area contributed by atoms with Gasteiger partial charge in [0.2, 0.25) is 0 Å². The highest BCUT2D eigenvalue weighted by Crippen LogP contribution is 2.24. The minimum atomic E-state index is -0.464. The molecule has 1 heterocycles. The summed E-state index contributed by atoms with van der Waals surface area (Å²) in [6.07, 6.45) is 0.703. The lowest BCUT2D eigenvalue weighted by atomic mass is 9.93. The van der Waals surface area contributed by atoms with Crippen LogP contribution in [0.15, 0.2) is 24.3 Å². The number of rotatable bonds is 3. The first-order chi connectivity index (χ1) is 9.89. The van der Waals surface area contributed by atoms with Crippen molar-refractivity contribution >= 4 is 6.09 Å². The van der Waals surface area contributed by atoms with Crippen molar-refractivity contribution in [2.75, 3.05) is 13.1 Å². The van der Waals surface area contributed by atoms with Crippen LogP contribution in [0.25, 0.3) is 0 Å². The third-order valence-corrected chi connectivity index (χ3v) is 3.73. The molecule has 1 amide bonds. The van der Waals surface area contributed by atoms with Gasteiger partial charge < -0.3 is 15.4 Å².